The average molecular weight is 256 g/mol. The highest BCUT2D eigenvalue weighted by molar-refractivity contribution is 7.80. The fourth-order valence-electron chi connectivity index (χ4n) is 1.43. The number of nitrogens with one attached hydrogen (secondary N) is 1. The SMILES string of the molecule is COCC(C)NC(=S)N(C)c1ccccc1F. The van der Waals surface area contributed by atoms with Gasteiger partial charge in [0.1, 0.15) is 5.82 Å². The maximum Gasteiger partial charge on any atom is 0.173 e. The van der Waals surface area contributed by atoms with Gasteiger partial charge in [0.2, 0.25) is 0 Å². The Hall–Kier alpha value is -1.20. The predicted molar refractivity (Wildman–Crippen MR) is 71.9 cm³/mol. The van der Waals surface area contributed by atoms with E-state index in [0.717, 1.165) is 0 Å². The van der Waals surface area contributed by atoms with Crippen molar-refractivity contribution in [2.45, 2.75) is 13.0 Å². The number of thiocarbonyl (C=S) groups is 1. The summed E-state index contributed by atoms with van der Waals surface area (Å²) in [5.74, 6) is -0.293. The summed E-state index contributed by atoms with van der Waals surface area (Å²) < 4.78 is 18.5. The number of halogens is 1. The van der Waals surface area contributed by atoms with Crippen LogP contribution in [0, 0.1) is 5.82 Å². The van der Waals surface area contributed by atoms with Crippen LogP contribution in [0.1, 0.15) is 6.92 Å². The minimum Gasteiger partial charge on any atom is -0.383 e. The molecule has 1 N–H and O–H groups in total. The minimum absolute atomic E-state index is 0.0849. The van der Waals surface area contributed by atoms with Crippen molar-refractivity contribution in [3.63, 3.8) is 0 Å². The van der Waals surface area contributed by atoms with E-state index in [9.17, 15) is 4.39 Å². The number of benzene rings is 1. The molecule has 0 bridgehead atoms. The second-order valence-electron chi connectivity index (χ2n) is 3.82. The zero-order chi connectivity index (χ0) is 12.8. The first-order valence-corrected chi connectivity index (χ1v) is 5.74. The topological polar surface area (TPSA) is 24.5 Å². The second kappa shape index (κ2) is 6.51. The smallest absolute Gasteiger partial charge is 0.173 e. The van der Waals surface area contributed by atoms with E-state index in [4.69, 9.17) is 17.0 Å². The van der Waals surface area contributed by atoms with Gasteiger partial charge in [0.15, 0.2) is 5.11 Å². The van der Waals surface area contributed by atoms with Gasteiger partial charge in [-0.15, -0.1) is 0 Å². The molecule has 0 aliphatic heterocycles. The molecule has 0 fully saturated rings. The summed E-state index contributed by atoms with van der Waals surface area (Å²) in [6.45, 7) is 2.50. The summed E-state index contributed by atoms with van der Waals surface area (Å²) in [5, 5.41) is 3.54. The quantitative estimate of drug-likeness (QED) is 0.835. The number of methoxy groups -OCH3 is 1. The van der Waals surface area contributed by atoms with Crippen LogP contribution in [0.15, 0.2) is 24.3 Å². The monoisotopic (exact) mass is 256 g/mol. The first kappa shape index (κ1) is 13.9. The molecular weight excluding hydrogens is 239 g/mol. The van der Waals surface area contributed by atoms with E-state index in [1.807, 2.05) is 6.92 Å². The van der Waals surface area contributed by atoms with Gasteiger partial charge in [0, 0.05) is 20.2 Å². The van der Waals surface area contributed by atoms with E-state index in [1.165, 1.54) is 6.07 Å². The number of hydrogen-bond acceptors (Lipinski definition) is 2. The average Bonchev–Trinajstić information content (AvgIpc) is 2.29. The van der Waals surface area contributed by atoms with Crippen LogP contribution in [0.4, 0.5) is 10.1 Å². The first-order chi connectivity index (χ1) is 8.06. The van der Waals surface area contributed by atoms with Crippen LogP contribution in [0.2, 0.25) is 0 Å². The number of para-hydroxylation sites is 1. The second-order valence-corrected chi connectivity index (χ2v) is 4.20. The molecule has 1 aromatic carbocycles. The van der Waals surface area contributed by atoms with E-state index >= 15 is 0 Å². The van der Waals surface area contributed by atoms with Crippen LogP contribution < -0.4 is 10.2 Å². The van der Waals surface area contributed by atoms with Crippen molar-refractivity contribution in [1.82, 2.24) is 5.32 Å². The van der Waals surface area contributed by atoms with Crippen LogP contribution >= 0.6 is 12.2 Å². The molecule has 0 radical (unpaired) electrons. The van der Waals surface area contributed by atoms with Gasteiger partial charge >= 0.3 is 0 Å². The van der Waals surface area contributed by atoms with E-state index in [0.29, 0.717) is 17.4 Å². The van der Waals surface area contributed by atoms with Crippen molar-refractivity contribution in [2.24, 2.45) is 0 Å². The van der Waals surface area contributed by atoms with Crippen LogP contribution in [0.25, 0.3) is 0 Å². The Morgan fingerprint density at radius 3 is 2.76 bits per heavy atom. The van der Waals surface area contributed by atoms with Crippen LogP contribution in [0.3, 0.4) is 0 Å². The Labute approximate surface area is 107 Å². The maximum absolute atomic E-state index is 13.5. The van der Waals surface area contributed by atoms with E-state index in [-0.39, 0.29) is 11.9 Å². The lowest BCUT2D eigenvalue weighted by Crippen LogP contribution is -2.43. The van der Waals surface area contributed by atoms with Crippen LogP contribution in [-0.2, 0) is 4.74 Å². The molecule has 1 unspecified atom stereocenters. The third kappa shape index (κ3) is 3.94. The molecule has 0 heterocycles. The number of hydrogen-bond donors (Lipinski definition) is 1. The third-order valence-electron chi connectivity index (χ3n) is 2.30. The maximum atomic E-state index is 13.5. The minimum atomic E-state index is -0.293. The molecule has 0 aliphatic rings. The third-order valence-corrected chi connectivity index (χ3v) is 2.70. The molecule has 0 aliphatic carbocycles. The van der Waals surface area contributed by atoms with Crippen molar-refractivity contribution in [3.8, 4) is 0 Å². The molecule has 1 rings (SSSR count). The summed E-state index contributed by atoms with van der Waals surface area (Å²) in [6.07, 6.45) is 0. The van der Waals surface area contributed by atoms with Crippen molar-refractivity contribution >= 4 is 23.0 Å². The molecular formula is C12H17FN2OS. The molecule has 94 valence electrons. The van der Waals surface area contributed by atoms with Gasteiger partial charge in [-0.1, -0.05) is 12.1 Å². The van der Waals surface area contributed by atoms with E-state index in [1.54, 1.807) is 37.3 Å². The number of rotatable bonds is 4. The zero-order valence-corrected chi connectivity index (χ0v) is 11.1. The lowest BCUT2D eigenvalue weighted by molar-refractivity contribution is 0.179. The molecule has 1 aromatic rings. The fraction of sp³-hybridized carbons (Fsp3) is 0.417. The Kier molecular flexibility index (Phi) is 5.31. The highest BCUT2D eigenvalue weighted by Gasteiger charge is 2.12. The van der Waals surface area contributed by atoms with Gasteiger partial charge in [0.25, 0.3) is 0 Å². The Balaban J connectivity index is 2.67. The highest BCUT2D eigenvalue weighted by atomic mass is 32.1. The predicted octanol–water partition coefficient (Wildman–Crippen LogP) is 2.17. The molecule has 0 saturated carbocycles. The van der Waals surface area contributed by atoms with E-state index < -0.39 is 0 Å². The Bertz CT molecular complexity index is 387. The Morgan fingerprint density at radius 2 is 2.18 bits per heavy atom. The van der Waals surface area contributed by atoms with Gasteiger partial charge in [-0.2, -0.15) is 0 Å². The van der Waals surface area contributed by atoms with Crippen molar-refractivity contribution in [1.29, 1.82) is 0 Å². The fourth-order valence-corrected chi connectivity index (χ4v) is 1.73. The van der Waals surface area contributed by atoms with Gasteiger partial charge in [-0.05, 0) is 31.3 Å². The van der Waals surface area contributed by atoms with Crippen molar-refractivity contribution < 1.29 is 9.13 Å². The Morgan fingerprint density at radius 1 is 1.53 bits per heavy atom. The molecule has 3 nitrogen and oxygen atoms in total. The first-order valence-electron chi connectivity index (χ1n) is 5.34. The van der Waals surface area contributed by atoms with Crippen molar-refractivity contribution in [3.05, 3.63) is 30.1 Å². The molecule has 0 spiro atoms. The van der Waals surface area contributed by atoms with Gasteiger partial charge in [-0.25, -0.2) is 4.39 Å². The number of anilines is 1. The van der Waals surface area contributed by atoms with Crippen molar-refractivity contribution in [2.75, 3.05) is 25.7 Å². The summed E-state index contributed by atoms with van der Waals surface area (Å²) in [5.41, 5.74) is 0.453. The van der Waals surface area contributed by atoms with Crippen LogP contribution in [0.5, 0.6) is 0 Å². The molecule has 17 heavy (non-hydrogen) atoms. The number of ether oxygens (including phenoxy) is 1. The molecule has 1 atom stereocenters. The summed E-state index contributed by atoms with van der Waals surface area (Å²) in [7, 11) is 3.36. The molecule has 0 aromatic heterocycles. The number of nitrogens with zero attached hydrogens (tertiary/aromatic N) is 1. The molecule has 5 heteroatoms. The van der Waals surface area contributed by atoms with Gasteiger partial charge in [0.05, 0.1) is 12.3 Å². The largest absolute Gasteiger partial charge is 0.383 e. The molecule has 0 amide bonds. The van der Waals surface area contributed by atoms with Gasteiger partial charge < -0.3 is 15.0 Å². The highest BCUT2D eigenvalue weighted by Crippen LogP contribution is 2.17. The lowest BCUT2D eigenvalue weighted by Gasteiger charge is -2.24. The van der Waals surface area contributed by atoms with Gasteiger partial charge in [-0.3, -0.25) is 0 Å². The molecule has 0 saturated heterocycles. The van der Waals surface area contributed by atoms with E-state index in [2.05, 4.69) is 5.32 Å². The standard InChI is InChI=1S/C12H17FN2OS/c1-9(8-16-3)14-12(17)15(2)11-7-5-4-6-10(11)13/h4-7,9H,8H2,1-3H3,(H,14,17). The van der Waals surface area contributed by atoms with Crippen LogP contribution in [-0.4, -0.2) is 31.9 Å². The normalized spacial score (nSPS) is 12.0. The zero-order valence-electron chi connectivity index (χ0n) is 10.2. The summed E-state index contributed by atoms with van der Waals surface area (Å²) in [6, 6.07) is 6.60. The lowest BCUT2D eigenvalue weighted by atomic mass is 10.3. The summed E-state index contributed by atoms with van der Waals surface area (Å²) in [4.78, 5) is 1.61. The summed E-state index contributed by atoms with van der Waals surface area (Å²) >= 11 is 5.20.